The molecule has 27 heavy (non-hydrogen) atoms. The van der Waals surface area contributed by atoms with Gasteiger partial charge in [0.15, 0.2) is 5.96 Å². The van der Waals surface area contributed by atoms with E-state index in [2.05, 4.69) is 39.7 Å². The fraction of sp³-hybridized carbons (Fsp3) is 0.833. The molecule has 0 aliphatic carbocycles. The van der Waals surface area contributed by atoms with Crippen molar-refractivity contribution in [3.63, 3.8) is 0 Å². The van der Waals surface area contributed by atoms with Crippen LogP contribution < -0.4 is 16.0 Å². The fourth-order valence-electron chi connectivity index (χ4n) is 3.18. The van der Waals surface area contributed by atoms with E-state index in [4.69, 9.17) is 4.74 Å². The Morgan fingerprint density at radius 3 is 2.63 bits per heavy atom. The molecule has 0 aromatic heterocycles. The molecular formula is C18H34N6O3. The maximum absolute atomic E-state index is 11.6. The van der Waals surface area contributed by atoms with Crippen LogP contribution in [0.3, 0.4) is 0 Å². The van der Waals surface area contributed by atoms with Gasteiger partial charge in [-0.15, -0.1) is 0 Å². The zero-order valence-electron chi connectivity index (χ0n) is 16.8. The molecule has 0 aromatic rings. The number of carbonyl (C=O) groups is 2. The van der Waals surface area contributed by atoms with E-state index in [1.807, 2.05) is 6.92 Å². The highest BCUT2D eigenvalue weighted by Crippen LogP contribution is 2.10. The van der Waals surface area contributed by atoms with E-state index in [0.717, 1.165) is 51.6 Å². The van der Waals surface area contributed by atoms with Gasteiger partial charge in [0.1, 0.15) is 0 Å². The van der Waals surface area contributed by atoms with E-state index >= 15 is 0 Å². The summed E-state index contributed by atoms with van der Waals surface area (Å²) in [7, 11) is 0. The standard InChI is InChI=1S/C18H34N6O3/c1-4-19-17(20-7-10-24-16(25)13-21-18(24)26)22-15-5-8-23(9-6-15)11-12-27-14(2)3/h14-15H,4-13H2,1-3H3,(H,21,26)(H2,19,20,22). The molecule has 9 heteroatoms. The molecule has 0 radical (unpaired) electrons. The Balaban J connectivity index is 1.72. The lowest BCUT2D eigenvalue weighted by atomic mass is 10.1. The van der Waals surface area contributed by atoms with Crippen molar-refractivity contribution in [2.24, 2.45) is 4.99 Å². The van der Waals surface area contributed by atoms with Gasteiger partial charge in [0.25, 0.3) is 0 Å². The van der Waals surface area contributed by atoms with Gasteiger partial charge in [-0.2, -0.15) is 0 Å². The van der Waals surface area contributed by atoms with E-state index in [9.17, 15) is 9.59 Å². The van der Waals surface area contributed by atoms with E-state index in [-0.39, 0.29) is 24.6 Å². The van der Waals surface area contributed by atoms with Crippen molar-refractivity contribution >= 4 is 17.9 Å². The number of aliphatic imine (C=N–C) groups is 1. The quantitative estimate of drug-likeness (QED) is 0.295. The van der Waals surface area contributed by atoms with Gasteiger partial charge in [-0.05, 0) is 33.6 Å². The van der Waals surface area contributed by atoms with Gasteiger partial charge in [0, 0.05) is 32.2 Å². The number of ether oxygens (including phenoxy) is 1. The van der Waals surface area contributed by atoms with E-state index in [0.29, 0.717) is 19.1 Å². The first kappa shape index (κ1) is 21.4. The Morgan fingerprint density at radius 2 is 2.04 bits per heavy atom. The first-order valence-electron chi connectivity index (χ1n) is 9.96. The molecular weight excluding hydrogens is 348 g/mol. The van der Waals surface area contributed by atoms with Crippen molar-refractivity contribution < 1.29 is 14.3 Å². The zero-order chi connectivity index (χ0) is 19.6. The summed E-state index contributed by atoms with van der Waals surface area (Å²) >= 11 is 0. The van der Waals surface area contributed by atoms with E-state index in [1.165, 1.54) is 4.90 Å². The molecule has 0 spiro atoms. The average molecular weight is 383 g/mol. The van der Waals surface area contributed by atoms with Crippen molar-refractivity contribution in [3.05, 3.63) is 0 Å². The minimum atomic E-state index is -0.332. The lowest BCUT2D eigenvalue weighted by Gasteiger charge is -2.33. The summed E-state index contributed by atoms with van der Waals surface area (Å²) in [5.74, 6) is 0.549. The van der Waals surface area contributed by atoms with Crippen LogP contribution in [0.25, 0.3) is 0 Å². The SMILES string of the molecule is CCNC(=NCCN1C(=O)CNC1=O)NC1CCN(CCOC(C)C)CC1. The minimum absolute atomic E-state index is 0.0850. The molecule has 154 valence electrons. The number of amides is 3. The summed E-state index contributed by atoms with van der Waals surface area (Å²) in [5, 5.41) is 9.23. The molecule has 9 nitrogen and oxygen atoms in total. The second kappa shape index (κ2) is 11.1. The normalized spacial score (nSPS) is 19.7. The molecule has 2 fully saturated rings. The summed E-state index contributed by atoms with van der Waals surface area (Å²) in [6.07, 6.45) is 2.39. The number of piperidine rings is 1. The Bertz CT molecular complexity index is 501. The summed E-state index contributed by atoms with van der Waals surface area (Å²) in [4.78, 5) is 31.3. The third-order valence-electron chi connectivity index (χ3n) is 4.66. The Labute approximate surface area is 161 Å². The molecule has 3 N–H and O–H groups in total. The molecule has 0 saturated carbocycles. The first-order chi connectivity index (χ1) is 13.0. The van der Waals surface area contributed by atoms with Gasteiger partial charge >= 0.3 is 6.03 Å². The number of likely N-dealkylation sites (tertiary alicyclic amines) is 1. The van der Waals surface area contributed by atoms with Crippen LogP contribution in [0.1, 0.15) is 33.6 Å². The Hall–Kier alpha value is -1.87. The van der Waals surface area contributed by atoms with Crippen LogP contribution in [-0.4, -0.2) is 92.3 Å². The number of imide groups is 1. The van der Waals surface area contributed by atoms with Crippen LogP contribution >= 0.6 is 0 Å². The summed E-state index contributed by atoms with van der Waals surface area (Å²) < 4.78 is 5.63. The molecule has 3 amide bonds. The Morgan fingerprint density at radius 1 is 1.30 bits per heavy atom. The van der Waals surface area contributed by atoms with Gasteiger partial charge < -0.3 is 25.6 Å². The molecule has 2 aliphatic rings. The van der Waals surface area contributed by atoms with E-state index < -0.39 is 0 Å². The molecule has 2 rings (SSSR count). The predicted molar refractivity (Wildman–Crippen MR) is 105 cm³/mol. The van der Waals surface area contributed by atoms with Gasteiger partial charge in [0.2, 0.25) is 5.91 Å². The van der Waals surface area contributed by atoms with Crippen molar-refractivity contribution in [2.75, 3.05) is 52.4 Å². The molecule has 0 unspecified atom stereocenters. The highest BCUT2D eigenvalue weighted by molar-refractivity contribution is 6.01. The lowest BCUT2D eigenvalue weighted by molar-refractivity contribution is -0.124. The zero-order valence-corrected chi connectivity index (χ0v) is 16.8. The molecule has 2 aliphatic heterocycles. The number of rotatable bonds is 9. The number of urea groups is 1. The summed E-state index contributed by atoms with van der Waals surface area (Å²) in [6, 6.07) is 0.0452. The van der Waals surface area contributed by atoms with Gasteiger partial charge in [-0.25, -0.2) is 4.79 Å². The van der Waals surface area contributed by atoms with E-state index in [1.54, 1.807) is 0 Å². The predicted octanol–water partition coefficient (Wildman–Crippen LogP) is -0.0173. The molecule has 0 bridgehead atoms. The molecule has 2 saturated heterocycles. The maximum atomic E-state index is 11.6. The third kappa shape index (κ3) is 7.34. The highest BCUT2D eigenvalue weighted by Gasteiger charge is 2.27. The van der Waals surface area contributed by atoms with Crippen molar-refractivity contribution in [1.82, 2.24) is 25.8 Å². The van der Waals surface area contributed by atoms with Crippen molar-refractivity contribution in [2.45, 2.75) is 45.8 Å². The number of hydrogen-bond acceptors (Lipinski definition) is 5. The number of nitrogens with one attached hydrogen (secondary N) is 3. The summed E-state index contributed by atoms with van der Waals surface area (Å²) in [5.41, 5.74) is 0. The first-order valence-corrected chi connectivity index (χ1v) is 9.96. The van der Waals surface area contributed by atoms with Gasteiger partial charge in [0.05, 0.1) is 32.3 Å². The van der Waals surface area contributed by atoms with Crippen molar-refractivity contribution in [1.29, 1.82) is 0 Å². The molecule has 2 heterocycles. The second-order valence-corrected chi connectivity index (χ2v) is 7.14. The topological polar surface area (TPSA) is 98.3 Å². The smallest absolute Gasteiger partial charge is 0.324 e. The van der Waals surface area contributed by atoms with Crippen molar-refractivity contribution in [3.8, 4) is 0 Å². The average Bonchev–Trinajstić information content (AvgIpc) is 2.95. The van der Waals surface area contributed by atoms with Gasteiger partial charge in [-0.1, -0.05) is 0 Å². The molecule has 0 aromatic carbocycles. The largest absolute Gasteiger partial charge is 0.377 e. The monoisotopic (exact) mass is 382 g/mol. The number of hydrogen-bond donors (Lipinski definition) is 3. The minimum Gasteiger partial charge on any atom is -0.377 e. The second-order valence-electron chi connectivity index (χ2n) is 7.14. The maximum Gasteiger partial charge on any atom is 0.324 e. The number of carbonyl (C=O) groups excluding carboxylic acids is 2. The number of nitrogens with zero attached hydrogens (tertiary/aromatic N) is 3. The van der Waals surface area contributed by atoms with Crippen LogP contribution in [0, 0.1) is 0 Å². The van der Waals surface area contributed by atoms with Crippen LogP contribution in [0.4, 0.5) is 4.79 Å². The van der Waals surface area contributed by atoms with Crippen LogP contribution in [0.2, 0.25) is 0 Å². The van der Waals surface area contributed by atoms with Crippen LogP contribution in [-0.2, 0) is 9.53 Å². The van der Waals surface area contributed by atoms with Gasteiger partial charge in [-0.3, -0.25) is 14.7 Å². The lowest BCUT2D eigenvalue weighted by Crippen LogP contribution is -2.49. The third-order valence-corrected chi connectivity index (χ3v) is 4.66. The Kier molecular flexibility index (Phi) is 8.80. The highest BCUT2D eigenvalue weighted by atomic mass is 16.5. The fourth-order valence-corrected chi connectivity index (χ4v) is 3.18. The van der Waals surface area contributed by atoms with Crippen LogP contribution in [0.5, 0.6) is 0 Å². The molecule has 0 atom stereocenters. The van der Waals surface area contributed by atoms with Crippen LogP contribution in [0.15, 0.2) is 4.99 Å². The number of guanidine groups is 1. The summed E-state index contributed by atoms with van der Waals surface area (Å²) in [6.45, 7) is 11.5.